The van der Waals surface area contributed by atoms with Crippen LogP contribution < -0.4 is 5.32 Å². The molecular weight excluding hydrogens is 232 g/mol. The van der Waals surface area contributed by atoms with Gasteiger partial charge < -0.3 is 15.0 Å². The third-order valence-corrected chi connectivity index (χ3v) is 3.01. The van der Waals surface area contributed by atoms with Crippen LogP contribution in [0.3, 0.4) is 0 Å². The van der Waals surface area contributed by atoms with Gasteiger partial charge in [-0.15, -0.1) is 0 Å². The molecule has 1 aliphatic rings. The number of carbonyl (C=O) groups excluding carboxylic acids is 2. The topological polar surface area (TPSA) is 58.6 Å². The second kappa shape index (κ2) is 6.18. The highest BCUT2D eigenvalue weighted by atomic mass is 16.5. The van der Waals surface area contributed by atoms with Gasteiger partial charge in [0.15, 0.2) is 0 Å². The molecule has 1 amide bonds. The van der Waals surface area contributed by atoms with Gasteiger partial charge in [-0.05, 0) is 40.2 Å². The third-order valence-electron chi connectivity index (χ3n) is 3.01. The van der Waals surface area contributed by atoms with E-state index in [2.05, 4.69) is 5.32 Å². The molecule has 0 aromatic rings. The number of nitrogens with one attached hydrogen (secondary N) is 1. The Balaban J connectivity index is 2.66. The van der Waals surface area contributed by atoms with Gasteiger partial charge in [0.1, 0.15) is 6.54 Å². The van der Waals surface area contributed by atoms with Gasteiger partial charge in [0, 0.05) is 6.04 Å². The van der Waals surface area contributed by atoms with E-state index in [4.69, 9.17) is 4.74 Å². The summed E-state index contributed by atoms with van der Waals surface area (Å²) in [5.41, 5.74) is -0.635. The highest BCUT2D eigenvalue weighted by Gasteiger charge is 2.40. The minimum atomic E-state index is -0.635. The number of nitrogens with zero attached hydrogens (tertiary/aromatic N) is 1. The summed E-state index contributed by atoms with van der Waals surface area (Å²) in [4.78, 5) is 25.6. The molecule has 0 spiro atoms. The average Bonchev–Trinajstić information content (AvgIpc) is 3.09. The zero-order valence-electron chi connectivity index (χ0n) is 11.8. The van der Waals surface area contributed by atoms with E-state index < -0.39 is 5.54 Å². The predicted molar refractivity (Wildman–Crippen MR) is 69.1 cm³/mol. The van der Waals surface area contributed by atoms with E-state index in [1.54, 1.807) is 11.8 Å². The van der Waals surface area contributed by atoms with E-state index in [1.807, 2.05) is 20.8 Å². The summed E-state index contributed by atoms with van der Waals surface area (Å²) in [6.07, 6.45) is 1.96. The van der Waals surface area contributed by atoms with Gasteiger partial charge in [-0.25, -0.2) is 0 Å². The molecule has 5 heteroatoms. The fraction of sp³-hybridized carbons (Fsp3) is 0.846. The number of ether oxygens (including phenoxy) is 1. The maximum absolute atomic E-state index is 12.4. The average molecular weight is 256 g/mol. The summed E-state index contributed by atoms with van der Waals surface area (Å²) >= 11 is 0. The minimum Gasteiger partial charge on any atom is -0.465 e. The van der Waals surface area contributed by atoms with Crippen molar-refractivity contribution in [2.45, 2.75) is 52.1 Å². The van der Waals surface area contributed by atoms with E-state index in [-0.39, 0.29) is 24.5 Å². The van der Waals surface area contributed by atoms with E-state index >= 15 is 0 Å². The van der Waals surface area contributed by atoms with E-state index in [9.17, 15) is 9.59 Å². The van der Waals surface area contributed by atoms with Gasteiger partial charge in [-0.3, -0.25) is 9.59 Å². The zero-order valence-corrected chi connectivity index (χ0v) is 11.8. The van der Waals surface area contributed by atoms with Crippen molar-refractivity contribution in [2.24, 2.45) is 0 Å². The van der Waals surface area contributed by atoms with Crippen LogP contribution in [0.4, 0.5) is 0 Å². The molecule has 5 nitrogen and oxygen atoms in total. The summed E-state index contributed by atoms with van der Waals surface area (Å²) in [5.74, 6) is -0.357. The lowest BCUT2D eigenvalue weighted by atomic mass is 10.0. The highest BCUT2D eigenvalue weighted by Crippen LogP contribution is 2.28. The fourth-order valence-corrected chi connectivity index (χ4v) is 1.98. The smallest absolute Gasteiger partial charge is 0.325 e. The zero-order chi connectivity index (χ0) is 13.8. The van der Waals surface area contributed by atoms with E-state index in [1.165, 1.54) is 0 Å². The van der Waals surface area contributed by atoms with Crippen molar-refractivity contribution in [2.75, 3.05) is 19.7 Å². The van der Waals surface area contributed by atoms with Gasteiger partial charge in [0.25, 0.3) is 0 Å². The van der Waals surface area contributed by atoms with Gasteiger partial charge >= 0.3 is 5.97 Å². The molecule has 1 aliphatic carbocycles. The second-order valence-electron chi connectivity index (χ2n) is 5.12. The first-order valence-corrected chi connectivity index (χ1v) is 6.64. The van der Waals surface area contributed by atoms with Crippen molar-refractivity contribution < 1.29 is 14.3 Å². The minimum absolute atomic E-state index is 0.0279. The Labute approximate surface area is 109 Å². The molecule has 1 N–H and O–H groups in total. The Morgan fingerprint density at radius 3 is 2.39 bits per heavy atom. The predicted octanol–water partition coefficient (Wildman–Crippen LogP) is 0.929. The molecule has 1 fully saturated rings. The lowest BCUT2D eigenvalue weighted by Gasteiger charge is -2.32. The van der Waals surface area contributed by atoms with Crippen LogP contribution in [0.1, 0.15) is 40.5 Å². The molecular formula is C13H24N2O3. The number of hydrogen-bond acceptors (Lipinski definition) is 4. The lowest BCUT2D eigenvalue weighted by Crippen LogP contribution is -2.55. The van der Waals surface area contributed by atoms with Crippen molar-refractivity contribution in [3.8, 4) is 0 Å². The Morgan fingerprint density at radius 1 is 1.33 bits per heavy atom. The van der Waals surface area contributed by atoms with Gasteiger partial charge in [-0.1, -0.05) is 6.92 Å². The summed E-state index contributed by atoms with van der Waals surface area (Å²) in [6, 6.07) is 0.208. The van der Waals surface area contributed by atoms with Crippen molar-refractivity contribution in [3.63, 3.8) is 0 Å². The van der Waals surface area contributed by atoms with Crippen LogP contribution in [0.5, 0.6) is 0 Å². The Morgan fingerprint density at radius 2 is 1.94 bits per heavy atom. The third kappa shape index (κ3) is 3.98. The molecule has 0 heterocycles. The molecule has 0 saturated heterocycles. The summed E-state index contributed by atoms with van der Waals surface area (Å²) < 4.78 is 4.92. The fourth-order valence-electron chi connectivity index (χ4n) is 1.98. The highest BCUT2D eigenvalue weighted by molar-refractivity contribution is 5.89. The lowest BCUT2D eigenvalue weighted by molar-refractivity contribution is -0.151. The van der Waals surface area contributed by atoms with Crippen LogP contribution in [0, 0.1) is 0 Å². The molecule has 0 radical (unpaired) electrons. The Kier molecular flexibility index (Phi) is 5.14. The molecule has 1 rings (SSSR count). The van der Waals surface area contributed by atoms with Gasteiger partial charge in [-0.2, -0.15) is 0 Å². The van der Waals surface area contributed by atoms with Gasteiger partial charge in [0.2, 0.25) is 5.91 Å². The molecule has 0 aromatic carbocycles. The Bertz CT molecular complexity index is 311. The quantitative estimate of drug-likeness (QED) is 0.688. The first-order chi connectivity index (χ1) is 8.42. The molecule has 1 saturated carbocycles. The number of rotatable bonds is 7. The largest absolute Gasteiger partial charge is 0.465 e. The maximum Gasteiger partial charge on any atom is 0.325 e. The van der Waals surface area contributed by atoms with Gasteiger partial charge in [0.05, 0.1) is 12.1 Å². The molecule has 0 bridgehead atoms. The second-order valence-corrected chi connectivity index (χ2v) is 5.12. The molecule has 18 heavy (non-hydrogen) atoms. The van der Waals surface area contributed by atoms with Crippen molar-refractivity contribution in [3.05, 3.63) is 0 Å². The summed E-state index contributed by atoms with van der Waals surface area (Å²) in [7, 11) is 0. The number of likely N-dealkylation sites (N-methyl/N-ethyl adjacent to an activating group) is 1. The standard InChI is InChI=1S/C13H24N2O3/c1-5-14-13(3,4)12(17)15(10-7-8-10)9-11(16)18-6-2/h10,14H,5-9H2,1-4H3. The summed E-state index contributed by atoms with van der Waals surface area (Å²) in [5, 5.41) is 3.15. The van der Waals surface area contributed by atoms with Crippen LogP contribution >= 0.6 is 0 Å². The number of carbonyl (C=O) groups is 2. The molecule has 0 aromatic heterocycles. The monoisotopic (exact) mass is 256 g/mol. The molecule has 104 valence electrons. The van der Waals surface area contributed by atoms with E-state index in [0.29, 0.717) is 6.61 Å². The van der Waals surface area contributed by atoms with Crippen LogP contribution in [0.25, 0.3) is 0 Å². The number of amides is 1. The van der Waals surface area contributed by atoms with E-state index in [0.717, 1.165) is 19.4 Å². The first kappa shape index (κ1) is 15.0. The van der Waals surface area contributed by atoms with Crippen LogP contribution in [-0.2, 0) is 14.3 Å². The Hall–Kier alpha value is -1.10. The molecule has 0 atom stereocenters. The van der Waals surface area contributed by atoms with Crippen molar-refractivity contribution in [1.29, 1.82) is 0 Å². The van der Waals surface area contributed by atoms with Crippen molar-refractivity contribution >= 4 is 11.9 Å². The SMILES string of the molecule is CCNC(C)(C)C(=O)N(CC(=O)OCC)C1CC1. The van der Waals surface area contributed by atoms with Crippen LogP contribution in [0.2, 0.25) is 0 Å². The molecule has 0 unspecified atom stereocenters. The normalized spacial score (nSPS) is 15.3. The molecule has 0 aliphatic heterocycles. The number of esters is 1. The van der Waals surface area contributed by atoms with Crippen LogP contribution in [0.15, 0.2) is 0 Å². The summed E-state index contributed by atoms with van der Waals surface area (Å²) in [6.45, 7) is 8.55. The first-order valence-electron chi connectivity index (χ1n) is 6.64. The number of hydrogen-bond donors (Lipinski definition) is 1. The maximum atomic E-state index is 12.4. The van der Waals surface area contributed by atoms with Crippen molar-refractivity contribution in [1.82, 2.24) is 10.2 Å². The van der Waals surface area contributed by atoms with Crippen LogP contribution in [-0.4, -0.2) is 48.1 Å².